The molecular weight excluding hydrogens is 246 g/mol. The van der Waals surface area contributed by atoms with Crippen molar-refractivity contribution < 1.29 is 14.6 Å². The zero-order valence-electron chi connectivity index (χ0n) is 11.1. The van der Waals surface area contributed by atoms with E-state index in [-0.39, 0.29) is 11.8 Å². The van der Waals surface area contributed by atoms with Crippen LogP contribution >= 0.6 is 0 Å². The highest BCUT2D eigenvalue weighted by Crippen LogP contribution is 2.24. The van der Waals surface area contributed by atoms with Crippen LogP contribution in [-0.4, -0.2) is 22.8 Å². The van der Waals surface area contributed by atoms with Gasteiger partial charge in [-0.3, -0.25) is 9.59 Å². The lowest BCUT2D eigenvalue weighted by atomic mass is 10.0. The second-order valence-electron chi connectivity index (χ2n) is 4.38. The monoisotopic (exact) mass is 261 g/mol. The van der Waals surface area contributed by atoms with Gasteiger partial charge in [0.1, 0.15) is 5.75 Å². The Balaban J connectivity index is 2.91. The summed E-state index contributed by atoms with van der Waals surface area (Å²) in [6.45, 7) is 1.74. The lowest BCUT2D eigenvalue weighted by Gasteiger charge is -2.15. The van der Waals surface area contributed by atoms with Crippen molar-refractivity contribution in [3.05, 3.63) is 39.7 Å². The molecule has 0 saturated heterocycles. The molecule has 0 spiro atoms. The Labute approximate surface area is 110 Å². The van der Waals surface area contributed by atoms with Gasteiger partial charge in [-0.25, -0.2) is 0 Å². The second kappa shape index (κ2) is 4.76. The highest BCUT2D eigenvalue weighted by molar-refractivity contribution is 5.86. The maximum absolute atomic E-state index is 12.4. The summed E-state index contributed by atoms with van der Waals surface area (Å²) in [6.07, 6.45) is -0.272. The molecule has 0 aliphatic heterocycles. The van der Waals surface area contributed by atoms with Gasteiger partial charge in [-0.05, 0) is 19.1 Å². The Morgan fingerprint density at radius 2 is 2.11 bits per heavy atom. The number of methoxy groups -OCH3 is 1. The molecule has 0 fully saturated rings. The average Bonchev–Trinajstić information content (AvgIpc) is 2.40. The maximum atomic E-state index is 12.4. The maximum Gasteiger partial charge on any atom is 0.308 e. The third kappa shape index (κ3) is 2.07. The van der Waals surface area contributed by atoms with Gasteiger partial charge < -0.3 is 14.4 Å². The number of aliphatic carboxylic acids is 1. The van der Waals surface area contributed by atoms with Crippen LogP contribution in [0.1, 0.15) is 11.3 Å². The second-order valence-corrected chi connectivity index (χ2v) is 4.38. The zero-order chi connectivity index (χ0) is 14.2. The molecule has 100 valence electrons. The number of benzene rings is 1. The molecule has 0 saturated carbocycles. The molecule has 5 heteroatoms. The summed E-state index contributed by atoms with van der Waals surface area (Å²) in [7, 11) is 3.34. The van der Waals surface area contributed by atoms with Gasteiger partial charge in [0.15, 0.2) is 5.43 Å². The van der Waals surface area contributed by atoms with Crippen LogP contribution in [0.15, 0.2) is 23.0 Å². The van der Waals surface area contributed by atoms with Crippen molar-refractivity contribution in [2.75, 3.05) is 7.11 Å². The van der Waals surface area contributed by atoms with Crippen LogP contribution in [0.3, 0.4) is 0 Å². The number of hydrogen-bond acceptors (Lipinski definition) is 3. The first-order chi connectivity index (χ1) is 8.97. The fraction of sp³-hybridized carbons (Fsp3) is 0.286. The molecule has 19 heavy (non-hydrogen) atoms. The first-order valence-electron chi connectivity index (χ1n) is 5.84. The van der Waals surface area contributed by atoms with E-state index in [0.717, 1.165) is 0 Å². The van der Waals surface area contributed by atoms with E-state index in [1.807, 2.05) is 0 Å². The molecule has 0 amide bonds. The highest BCUT2D eigenvalue weighted by atomic mass is 16.5. The Morgan fingerprint density at radius 3 is 2.68 bits per heavy atom. The molecular formula is C14H15NO4. The van der Waals surface area contributed by atoms with Crippen molar-refractivity contribution in [2.24, 2.45) is 7.05 Å². The topological polar surface area (TPSA) is 68.5 Å². The molecule has 2 aromatic rings. The van der Waals surface area contributed by atoms with E-state index in [1.54, 1.807) is 43.8 Å². The number of carbonyl (C=O) groups is 1. The number of hydrogen-bond donors (Lipinski definition) is 1. The van der Waals surface area contributed by atoms with Crippen LogP contribution in [0.4, 0.5) is 0 Å². The Bertz CT molecular complexity index is 715. The van der Waals surface area contributed by atoms with E-state index in [1.165, 1.54) is 0 Å². The molecule has 0 aliphatic rings. The van der Waals surface area contributed by atoms with Gasteiger partial charge >= 0.3 is 5.97 Å². The van der Waals surface area contributed by atoms with Crippen LogP contribution < -0.4 is 10.2 Å². The van der Waals surface area contributed by atoms with Crippen molar-refractivity contribution in [3.8, 4) is 5.75 Å². The summed E-state index contributed by atoms with van der Waals surface area (Å²) in [6, 6.07) is 5.19. The number of aryl methyl sites for hydroxylation is 1. The fourth-order valence-electron chi connectivity index (χ4n) is 2.27. The predicted octanol–water partition coefficient (Wildman–Crippen LogP) is 1.48. The van der Waals surface area contributed by atoms with Crippen molar-refractivity contribution in [1.82, 2.24) is 4.57 Å². The van der Waals surface area contributed by atoms with Crippen LogP contribution in [0, 0.1) is 6.92 Å². The number of rotatable bonds is 3. The zero-order valence-corrected chi connectivity index (χ0v) is 11.1. The van der Waals surface area contributed by atoms with E-state index in [2.05, 4.69) is 0 Å². The minimum absolute atomic E-state index is 0.244. The van der Waals surface area contributed by atoms with Gasteiger partial charge in [-0.2, -0.15) is 0 Å². The molecule has 0 radical (unpaired) electrons. The van der Waals surface area contributed by atoms with Gasteiger partial charge in [0.2, 0.25) is 0 Å². The Hall–Kier alpha value is -2.30. The number of fused-ring (bicyclic) bond motifs is 1. The number of carboxylic acid groups (broad SMARTS) is 1. The number of aromatic nitrogens is 1. The molecule has 1 aromatic heterocycles. The van der Waals surface area contributed by atoms with E-state index in [9.17, 15) is 9.59 Å². The largest absolute Gasteiger partial charge is 0.495 e. The molecule has 5 nitrogen and oxygen atoms in total. The van der Waals surface area contributed by atoms with Gasteiger partial charge in [0.25, 0.3) is 0 Å². The number of nitrogens with zero attached hydrogens (tertiary/aromatic N) is 1. The minimum Gasteiger partial charge on any atom is -0.495 e. The molecule has 0 atom stereocenters. The summed E-state index contributed by atoms with van der Waals surface area (Å²) in [5.41, 5.74) is 1.40. The van der Waals surface area contributed by atoms with Crippen LogP contribution in [0.25, 0.3) is 10.9 Å². The molecule has 1 heterocycles. The number of ether oxygens (including phenoxy) is 1. The summed E-state index contributed by atoms with van der Waals surface area (Å²) in [5, 5.41) is 9.38. The van der Waals surface area contributed by atoms with Crippen molar-refractivity contribution in [2.45, 2.75) is 13.3 Å². The van der Waals surface area contributed by atoms with Gasteiger partial charge in [0, 0.05) is 23.7 Å². The Morgan fingerprint density at radius 1 is 1.42 bits per heavy atom. The SMILES string of the molecule is COc1cccc2c(=O)c(CC(=O)O)c(C)n(C)c12. The highest BCUT2D eigenvalue weighted by Gasteiger charge is 2.16. The molecule has 1 N–H and O–H groups in total. The lowest BCUT2D eigenvalue weighted by molar-refractivity contribution is -0.136. The number of carboxylic acids is 1. The van der Waals surface area contributed by atoms with Crippen LogP contribution in [-0.2, 0) is 18.3 Å². The molecule has 0 aliphatic carbocycles. The van der Waals surface area contributed by atoms with Gasteiger partial charge in [0.05, 0.1) is 19.0 Å². The summed E-state index contributed by atoms with van der Waals surface area (Å²) in [5.74, 6) is -0.412. The molecule has 1 aromatic carbocycles. The quantitative estimate of drug-likeness (QED) is 0.908. The summed E-state index contributed by atoms with van der Waals surface area (Å²) < 4.78 is 7.06. The summed E-state index contributed by atoms with van der Waals surface area (Å²) >= 11 is 0. The van der Waals surface area contributed by atoms with E-state index < -0.39 is 5.97 Å². The number of para-hydroxylation sites is 1. The average molecular weight is 261 g/mol. The third-order valence-electron chi connectivity index (χ3n) is 3.34. The first-order valence-corrected chi connectivity index (χ1v) is 5.84. The third-order valence-corrected chi connectivity index (χ3v) is 3.34. The van der Waals surface area contributed by atoms with Crippen LogP contribution in [0.2, 0.25) is 0 Å². The van der Waals surface area contributed by atoms with E-state index >= 15 is 0 Å². The van der Waals surface area contributed by atoms with Crippen molar-refractivity contribution in [3.63, 3.8) is 0 Å². The van der Waals surface area contributed by atoms with E-state index in [4.69, 9.17) is 9.84 Å². The van der Waals surface area contributed by atoms with Gasteiger partial charge in [-0.1, -0.05) is 6.07 Å². The van der Waals surface area contributed by atoms with Gasteiger partial charge in [-0.15, -0.1) is 0 Å². The van der Waals surface area contributed by atoms with Crippen molar-refractivity contribution >= 4 is 16.9 Å². The lowest BCUT2D eigenvalue weighted by Crippen LogP contribution is -2.20. The van der Waals surface area contributed by atoms with E-state index in [0.29, 0.717) is 27.9 Å². The summed E-state index contributed by atoms with van der Waals surface area (Å²) in [4.78, 5) is 23.2. The first kappa shape index (κ1) is 13.1. The minimum atomic E-state index is -1.01. The number of pyridine rings is 1. The molecule has 2 rings (SSSR count). The Kier molecular flexibility index (Phi) is 3.29. The fourth-order valence-corrected chi connectivity index (χ4v) is 2.27. The smallest absolute Gasteiger partial charge is 0.308 e. The van der Waals surface area contributed by atoms with Crippen LogP contribution in [0.5, 0.6) is 5.75 Å². The van der Waals surface area contributed by atoms with Crippen molar-refractivity contribution in [1.29, 1.82) is 0 Å². The predicted molar refractivity (Wildman–Crippen MR) is 71.8 cm³/mol. The normalized spacial score (nSPS) is 10.7. The standard InChI is InChI=1S/C14H15NO4/c1-8-10(7-12(16)17)14(18)9-5-4-6-11(19-3)13(9)15(8)2/h4-6H,7H2,1-3H3,(H,16,17). The molecule has 0 bridgehead atoms. The molecule has 0 unspecified atom stereocenters.